The number of methoxy groups -OCH3 is 1. The molecule has 0 aliphatic carbocycles. The number of nitro groups is 1. The summed E-state index contributed by atoms with van der Waals surface area (Å²) in [5.74, 6) is -0.878. The van der Waals surface area contributed by atoms with E-state index in [4.69, 9.17) is 4.74 Å². The average Bonchev–Trinajstić information content (AvgIpc) is 2.66. The first-order valence-corrected chi connectivity index (χ1v) is 8.53. The summed E-state index contributed by atoms with van der Waals surface area (Å²) in [6.45, 7) is 1.73. The Bertz CT molecular complexity index is 806. The molecular weight excluding hydrogens is 358 g/mol. The number of benzene rings is 2. The number of carbonyl (C=O) groups excluding carboxylic acids is 2. The molecule has 2 aromatic carbocycles. The van der Waals surface area contributed by atoms with Gasteiger partial charge in [-0.2, -0.15) is 0 Å². The van der Waals surface area contributed by atoms with Gasteiger partial charge in [0.15, 0.2) is 0 Å². The highest BCUT2D eigenvalue weighted by atomic mass is 32.2. The smallest absolute Gasteiger partial charge is 0.337 e. The SMILES string of the molecule is COC(=O)c1cccc(COC(=O)[C@H](C)Sc2ccc([N+](=O)[O-])cc2)c1. The van der Waals surface area contributed by atoms with Crippen molar-refractivity contribution >= 4 is 29.4 Å². The second-order valence-electron chi connectivity index (χ2n) is 5.31. The highest BCUT2D eigenvalue weighted by molar-refractivity contribution is 8.00. The molecule has 0 heterocycles. The Kier molecular flexibility index (Phi) is 6.74. The molecule has 0 N–H and O–H groups in total. The predicted octanol–water partition coefficient (Wildman–Crippen LogP) is 3.61. The van der Waals surface area contributed by atoms with Crippen LogP contribution in [0, 0.1) is 10.1 Å². The topological polar surface area (TPSA) is 95.7 Å². The third-order valence-electron chi connectivity index (χ3n) is 3.42. The van der Waals surface area contributed by atoms with E-state index in [1.165, 1.54) is 31.0 Å². The summed E-state index contributed by atoms with van der Waals surface area (Å²) in [6, 6.07) is 12.6. The van der Waals surface area contributed by atoms with Gasteiger partial charge in [0.25, 0.3) is 5.69 Å². The van der Waals surface area contributed by atoms with Gasteiger partial charge in [-0.15, -0.1) is 11.8 Å². The number of hydrogen-bond donors (Lipinski definition) is 0. The number of nitrogens with zero attached hydrogens (tertiary/aromatic N) is 1. The molecule has 0 aliphatic heterocycles. The van der Waals surface area contributed by atoms with Crippen LogP contribution in [0.1, 0.15) is 22.8 Å². The van der Waals surface area contributed by atoms with Crippen LogP contribution in [0.25, 0.3) is 0 Å². The molecule has 0 saturated carbocycles. The normalized spacial score (nSPS) is 11.5. The van der Waals surface area contributed by atoms with Crippen LogP contribution in [-0.2, 0) is 20.9 Å². The Balaban J connectivity index is 1.91. The molecule has 7 nitrogen and oxygen atoms in total. The van der Waals surface area contributed by atoms with E-state index in [2.05, 4.69) is 4.74 Å². The van der Waals surface area contributed by atoms with Crippen molar-refractivity contribution in [2.24, 2.45) is 0 Å². The van der Waals surface area contributed by atoms with Crippen molar-refractivity contribution in [2.45, 2.75) is 23.7 Å². The molecule has 0 bridgehead atoms. The summed E-state index contributed by atoms with van der Waals surface area (Å²) in [4.78, 5) is 34.5. The minimum Gasteiger partial charge on any atom is -0.465 e. The Hall–Kier alpha value is -2.87. The molecule has 2 aromatic rings. The second-order valence-corrected chi connectivity index (χ2v) is 6.72. The molecule has 0 radical (unpaired) electrons. The van der Waals surface area contributed by atoms with E-state index in [1.807, 2.05) is 0 Å². The molecule has 2 rings (SSSR count). The number of rotatable bonds is 7. The van der Waals surface area contributed by atoms with Crippen LogP contribution >= 0.6 is 11.8 Å². The molecule has 26 heavy (non-hydrogen) atoms. The largest absolute Gasteiger partial charge is 0.465 e. The third kappa shape index (κ3) is 5.32. The first kappa shape index (κ1) is 19.5. The molecule has 0 saturated heterocycles. The number of thioether (sulfide) groups is 1. The molecule has 0 fully saturated rings. The van der Waals surface area contributed by atoms with Gasteiger partial charge in [-0.05, 0) is 36.8 Å². The summed E-state index contributed by atoms with van der Waals surface area (Å²) in [5.41, 5.74) is 1.05. The van der Waals surface area contributed by atoms with E-state index < -0.39 is 22.1 Å². The van der Waals surface area contributed by atoms with Gasteiger partial charge in [-0.1, -0.05) is 12.1 Å². The highest BCUT2D eigenvalue weighted by Crippen LogP contribution is 2.26. The van der Waals surface area contributed by atoms with Gasteiger partial charge in [0, 0.05) is 17.0 Å². The monoisotopic (exact) mass is 375 g/mol. The second kappa shape index (κ2) is 9.00. The van der Waals surface area contributed by atoms with Gasteiger partial charge in [0.1, 0.15) is 11.9 Å². The minimum atomic E-state index is -0.486. The van der Waals surface area contributed by atoms with E-state index >= 15 is 0 Å². The summed E-state index contributed by atoms with van der Waals surface area (Å²) in [5, 5.41) is 10.2. The number of non-ortho nitro benzene ring substituents is 1. The van der Waals surface area contributed by atoms with Crippen LogP contribution in [0.2, 0.25) is 0 Å². The zero-order chi connectivity index (χ0) is 19.1. The van der Waals surface area contributed by atoms with Crippen molar-refractivity contribution in [1.29, 1.82) is 0 Å². The first-order valence-electron chi connectivity index (χ1n) is 7.65. The molecule has 0 aromatic heterocycles. The lowest BCUT2D eigenvalue weighted by molar-refractivity contribution is -0.384. The lowest BCUT2D eigenvalue weighted by Crippen LogP contribution is -2.16. The minimum absolute atomic E-state index is 0.00457. The molecule has 0 spiro atoms. The van der Waals surface area contributed by atoms with Gasteiger partial charge in [0.05, 0.1) is 17.6 Å². The number of carbonyl (C=O) groups is 2. The lowest BCUT2D eigenvalue weighted by atomic mass is 10.1. The van der Waals surface area contributed by atoms with Crippen molar-refractivity contribution in [3.8, 4) is 0 Å². The van der Waals surface area contributed by atoms with Gasteiger partial charge >= 0.3 is 11.9 Å². The average molecular weight is 375 g/mol. The number of nitro benzene ring substituents is 1. The molecule has 0 aliphatic rings. The number of ether oxygens (including phenoxy) is 2. The van der Waals surface area contributed by atoms with E-state index in [9.17, 15) is 19.7 Å². The van der Waals surface area contributed by atoms with E-state index in [-0.39, 0.29) is 12.3 Å². The quantitative estimate of drug-likeness (QED) is 0.316. The van der Waals surface area contributed by atoms with Crippen molar-refractivity contribution < 1.29 is 24.0 Å². The van der Waals surface area contributed by atoms with Crippen LogP contribution in [0.4, 0.5) is 5.69 Å². The summed E-state index contributed by atoms with van der Waals surface area (Å²) < 4.78 is 9.92. The third-order valence-corrected chi connectivity index (χ3v) is 4.51. The molecule has 136 valence electrons. The van der Waals surface area contributed by atoms with Gasteiger partial charge < -0.3 is 9.47 Å². The highest BCUT2D eigenvalue weighted by Gasteiger charge is 2.17. The fraction of sp³-hybridized carbons (Fsp3) is 0.222. The van der Waals surface area contributed by atoms with Crippen molar-refractivity contribution in [3.63, 3.8) is 0 Å². The van der Waals surface area contributed by atoms with Gasteiger partial charge in [-0.3, -0.25) is 14.9 Å². The standard InChI is InChI=1S/C18H17NO6S/c1-12(26-16-8-6-15(7-9-16)19(22)23)17(20)25-11-13-4-3-5-14(10-13)18(21)24-2/h3-10,12H,11H2,1-2H3/t12-/m0/s1. The lowest BCUT2D eigenvalue weighted by Gasteiger charge is -2.11. The van der Waals surface area contributed by atoms with Crippen LogP contribution in [0.15, 0.2) is 53.4 Å². The summed E-state index contributed by atoms with van der Waals surface area (Å²) in [7, 11) is 1.30. The Morgan fingerprint density at radius 3 is 2.50 bits per heavy atom. The first-order chi connectivity index (χ1) is 12.4. The van der Waals surface area contributed by atoms with E-state index in [0.29, 0.717) is 11.1 Å². The fourth-order valence-electron chi connectivity index (χ4n) is 2.08. The molecule has 8 heteroatoms. The van der Waals surface area contributed by atoms with Gasteiger partial charge in [0.2, 0.25) is 0 Å². The van der Waals surface area contributed by atoms with Crippen LogP contribution in [0.3, 0.4) is 0 Å². The summed E-state index contributed by atoms with van der Waals surface area (Å²) in [6.07, 6.45) is 0. The van der Waals surface area contributed by atoms with Gasteiger partial charge in [-0.25, -0.2) is 4.79 Å². The zero-order valence-electron chi connectivity index (χ0n) is 14.2. The Morgan fingerprint density at radius 1 is 1.19 bits per heavy atom. The Labute approximate surface area is 154 Å². The molecule has 0 unspecified atom stereocenters. The maximum Gasteiger partial charge on any atom is 0.337 e. The van der Waals surface area contributed by atoms with E-state index in [1.54, 1.807) is 43.3 Å². The maximum atomic E-state index is 12.1. The van der Waals surface area contributed by atoms with Crippen molar-refractivity contribution in [3.05, 3.63) is 69.8 Å². The van der Waals surface area contributed by atoms with Crippen molar-refractivity contribution in [2.75, 3.05) is 7.11 Å². The number of hydrogen-bond acceptors (Lipinski definition) is 7. The fourth-order valence-corrected chi connectivity index (χ4v) is 2.94. The molecule has 1 atom stereocenters. The molecular formula is C18H17NO6S. The van der Waals surface area contributed by atoms with E-state index in [0.717, 1.165) is 4.90 Å². The van der Waals surface area contributed by atoms with Crippen molar-refractivity contribution in [1.82, 2.24) is 0 Å². The van der Waals surface area contributed by atoms with Crippen LogP contribution < -0.4 is 0 Å². The van der Waals surface area contributed by atoms with Crippen LogP contribution in [0.5, 0.6) is 0 Å². The Morgan fingerprint density at radius 2 is 1.88 bits per heavy atom. The molecule has 0 amide bonds. The van der Waals surface area contributed by atoms with Crippen LogP contribution in [-0.4, -0.2) is 29.2 Å². The zero-order valence-corrected chi connectivity index (χ0v) is 15.0. The summed E-state index contributed by atoms with van der Waals surface area (Å²) >= 11 is 1.25. The maximum absolute atomic E-state index is 12.1. The number of esters is 2. The predicted molar refractivity (Wildman–Crippen MR) is 96.0 cm³/mol.